The number of nitrogens with zero attached hydrogens (tertiary/aromatic N) is 3. The number of hydrogen-bond donors (Lipinski definition) is 2. The van der Waals surface area contributed by atoms with Gasteiger partial charge in [-0.15, -0.1) is 0 Å². The summed E-state index contributed by atoms with van der Waals surface area (Å²) in [5, 5.41) is 5.55. The molecule has 2 N–H and O–H groups in total. The van der Waals surface area contributed by atoms with E-state index in [1.807, 2.05) is 6.92 Å². The third-order valence-electron chi connectivity index (χ3n) is 4.72. The highest BCUT2D eigenvalue weighted by Crippen LogP contribution is 2.36. The number of anilines is 1. The number of amides is 1. The first-order chi connectivity index (χ1) is 15.4. The number of aryl methyl sites for hydroxylation is 1. The molecule has 1 amide bonds. The molecule has 2 heterocycles. The molecule has 0 aliphatic carbocycles. The molecule has 2 aromatic carbocycles. The van der Waals surface area contributed by atoms with Crippen LogP contribution in [0.4, 0.5) is 10.1 Å². The van der Waals surface area contributed by atoms with Crippen LogP contribution in [0.15, 0.2) is 45.9 Å². The van der Waals surface area contributed by atoms with E-state index in [-0.39, 0.29) is 18.0 Å². The minimum Gasteiger partial charge on any atom is -0.358 e. The molecule has 0 spiro atoms. The molecule has 32 heavy (non-hydrogen) atoms. The molecule has 166 valence electrons. The molecule has 0 radical (unpaired) electrons. The van der Waals surface area contributed by atoms with Crippen molar-refractivity contribution in [2.24, 2.45) is 0 Å². The van der Waals surface area contributed by atoms with Crippen molar-refractivity contribution >= 4 is 57.6 Å². The summed E-state index contributed by atoms with van der Waals surface area (Å²) in [6.45, 7) is 2.06. The van der Waals surface area contributed by atoms with E-state index in [1.54, 1.807) is 37.5 Å². The van der Waals surface area contributed by atoms with Gasteiger partial charge in [0.15, 0.2) is 5.82 Å². The van der Waals surface area contributed by atoms with Gasteiger partial charge in [0.05, 0.1) is 32.7 Å². The zero-order valence-corrected chi connectivity index (χ0v) is 19.4. The number of carbonyl (C=O) groups is 1. The summed E-state index contributed by atoms with van der Waals surface area (Å²) in [4.78, 5) is 21.6. The predicted molar refractivity (Wildman–Crippen MR) is 124 cm³/mol. The fourth-order valence-electron chi connectivity index (χ4n) is 3.08. The van der Waals surface area contributed by atoms with Gasteiger partial charge in [0.25, 0.3) is 5.91 Å². The molecule has 4 rings (SSSR count). The minimum absolute atomic E-state index is 0.160. The Bertz CT molecular complexity index is 1290. The van der Waals surface area contributed by atoms with Crippen molar-refractivity contribution in [3.63, 3.8) is 0 Å². The van der Waals surface area contributed by atoms with Crippen LogP contribution in [0.3, 0.4) is 0 Å². The molecule has 0 saturated heterocycles. The fraction of sp³-hybridized carbons (Fsp3) is 0.190. The van der Waals surface area contributed by atoms with Crippen molar-refractivity contribution in [1.82, 2.24) is 20.0 Å². The maximum atomic E-state index is 14.7. The first-order valence-electron chi connectivity index (χ1n) is 9.61. The van der Waals surface area contributed by atoms with Crippen molar-refractivity contribution in [1.29, 1.82) is 0 Å². The van der Waals surface area contributed by atoms with Gasteiger partial charge in [0.1, 0.15) is 5.82 Å². The summed E-state index contributed by atoms with van der Waals surface area (Å²) in [6, 6.07) is 7.82. The van der Waals surface area contributed by atoms with E-state index in [2.05, 4.69) is 19.8 Å². The number of hydrogen-bond acceptors (Lipinski definition) is 6. The maximum absolute atomic E-state index is 14.7. The van der Waals surface area contributed by atoms with Crippen molar-refractivity contribution < 1.29 is 13.7 Å². The maximum Gasteiger partial charge on any atom is 0.254 e. The summed E-state index contributed by atoms with van der Waals surface area (Å²) in [7, 11) is 1.60. The molecule has 0 atom stereocenters. The van der Waals surface area contributed by atoms with E-state index in [4.69, 9.17) is 27.7 Å². The van der Waals surface area contributed by atoms with Crippen LogP contribution in [0.25, 0.3) is 10.9 Å². The van der Waals surface area contributed by atoms with Gasteiger partial charge in [-0.3, -0.25) is 4.79 Å². The van der Waals surface area contributed by atoms with Crippen LogP contribution >= 0.6 is 35.1 Å². The Kier molecular flexibility index (Phi) is 6.59. The van der Waals surface area contributed by atoms with Crippen molar-refractivity contribution in [2.75, 3.05) is 11.8 Å². The zero-order valence-electron chi connectivity index (χ0n) is 17.1. The highest BCUT2D eigenvalue weighted by molar-refractivity contribution is 8.00. The first kappa shape index (κ1) is 22.4. The van der Waals surface area contributed by atoms with Gasteiger partial charge in [-0.25, -0.2) is 4.39 Å². The fourth-order valence-corrected chi connectivity index (χ4v) is 4.32. The lowest BCUT2D eigenvalue weighted by molar-refractivity contribution is 0.0780. The normalized spacial score (nSPS) is 11.2. The molecule has 0 fully saturated rings. The molecule has 0 unspecified atom stereocenters. The van der Waals surface area contributed by atoms with Crippen molar-refractivity contribution in [2.45, 2.75) is 24.8 Å². The topological polar surface area (TPSA) is 87.0 Å². The van der Waals surface area contributed by atoms with Crippen LogP contribution in [-0.4, -0.2) is 33.0 Å². The minimum atomic E-state index is -0.524. The molecule has 0 bridgehead atoms. The Morgan fingerprint density at radius 2 is 2.09 bits per heavy atom. The van der Waals surface area contributed by atoms with Crippen molar-refractivity contribution in [3.05, 3.63) is 69.7 Å². The first-order valence-corrected chi connectivity index (χ1v) is 11.2. The van der Waals surface area contributed by atoms with Crippen molar-refractivity contribution in [3.8, 4) is 0 Å². The van der Waals surface area contributed by atoms with Gasteiger partial charge in [-0.2, -0.15) is 4.98 Å². The standard InChI is InChI=1S/C21H18Cl2FN5O2S/c1-3-18-26-17(27-31-18)10-29(2)21(30)11-4-7-16(14(24)8-11)32-28-15-6-5-12(22)19-13(23)9-25-20(15)19/h4-9,25,28H,3,10H2,1-2H3. The average molecular weight is 494 g/mol. The zero-order chi connectivity index (χ0) is 22.8. The molecular formula is C21H18Cl2FN5O2S. The van der Waals surface area contributed by atoms with Gasteiger partial charge >= 0.3 is 0 Å². The Balaban J connectivity index is 1.45. The molecule has 7 nitrogen and oxygen atoms in total. The number of aromatic nitrogens is 3. The number of fused-ring (bicyclic) bond motifs is 1. The Hall–Kier alpha value is -2.75. The van der Waals surface area contributed by atoms with Crippen LogP contribution in [0.5, 0.6) is 0 Å². The quantitative estimate of drug-likeness (QED) is 0.309. The van der Waals surface area contributed by atoms with Gasteiger partial charge in [0, 0.05) is 30.6 Å². The molecule has 2 aromatic heterocycles. The second-order valence-electron chi connectivity index (χ2n) is 6.95. The average Bonchev–Trinajstić information content (AvgIpc) is 3.40. The second kappa shape index (κ2) is 9.40. The van der Waals surface area contributed by atoms with Crippen LogP contribution < -0.4 is 4.72 Å². The Morgan fingerprint density at radius 3 is 2.81 bits per heavy atom. The highest BCUT2D eigenvalue weighted by Gasteiger charge is 2.17. The monoisotopic (exact) mass is 493 g/mol. The summed E-state index contributed by atoms with van der Waals surface area (Å²) in [6.07, 6.45) is 2.25. The number of nitrogens with one attached hydrogen (secondary N) is 2. The van der Waals surface area contributed by atoms with E-state index >= 15 is 0 Å². The summed E-state index contributed by atoms with van der Waals surface area (Å²) in [5.74, 6) is 0.0228. The Morgan fingerprint density at radius 1 is 1.28 bits per heavy atom. The molecule has 11 heteroatoms. The van der Waals surface area contributed by atoms with E-state index in [9.17, 15) is 9.18 Å². The lowest BCUT2D eigenvalue weighted by Gasteiger charge is -2.15. The number of rotatable bonds is 7. The second-order valence-corrected chi connectivity index (χ2v) is 8.61. The largest absolute Gasteiger partial charge is 0.358 e. The van der Waals surface area contributed by atoms with E-state index in [0.29, 0.717) is 44.2 Å². The van der Waals surface area contributed by atoms with Gasteiger partial charge in [-0.1, -0.05) is 35.3 Å². The van der Waals surface area contributed by atoms with Crippen LogP contribution in [0.2, 0.25) is 10.0 Å². The summed E-state index contributed by atoms with van der Waals surface area (Å²) in [5.41, 5.74) is 1.64. The molecule has 0 aliphatic rings. The number of carbonyl (C=O) groups excluding carboxylic acids is 1. The van der Waals surface area contributed by atoms with E-state index in [1.165, 1.54) is 11.0 Å². The van der Waals surface area contributed by atoms with E-state index < -0.39 is 5.82 Å². The number of H-pyrrole nitrogens is 1. The van der Waals surface area contributed by atoms with Crippen LogP contribution in [0.1, 0.15) is 29.0 Å². The lowest BCUT2D eigenvalue weighted by Crippen LogP contribution is -2.26. The number of aromatic amines is 1. The highest BCUT2D eigenvalue weighted by atomic mass is 35.5. The smallest absolute Gasteiger partial charge is 0.254 e. The summed E-state index contributed by atoms with van der Waals surface area (Å²) < 4.78 is 22.9. The van der Waals surface area contributed by atoms with Gasteiger partial charge in [-0.05, 0) is 42.3 Å². The van der Waals surface area contributed by atoms with Crippen LogP contribution in [-0.2, 0) is 13.0 Å². The van der Waals surface area contributed by atoms with E-state index in [0.717, 1.165) is 17.5 Å². The predicted octanol–water partition coefficient (Wildman–Crippen LogP) is 5.95. The number of halogens is 3. The Labute approximate surface area is 197 Å². The summed E-state index contributed by atoms with van der Waals surface area (Å²) >= 11 is 13.4. The number of benzene rings is 2. The lowest BCUT2D eigenvalue weighted by atomic mass is 10.2. The van der Waals surface area contributed by atoms with Gasteiger partial charge in [0.2, 0.25) is 5.89 Å². The SMILES string of the molecule is CCc1nc(CN(C)C(=O)c2ccc(SNc3ccc(Cl)c4c(Cl)c[nH]c34)c(F)c2)no1. The molecule has 4 aromatic rings. The molecule has 0 aliphatic heterocycles. The van der Waals surface area contributed by atoms with Gasteiger partial charge < -0.3 is 19.1 Å². The molecule has 0 saturated carbocycles. The van der Waals surface area contributed by atoms with Crippen LogP contribution in [0, 0.1) is 5.82 Å². The molecular weight excluding hydrogens is 476 g/mol. The third kappa shape index (κ3) is 4.55. The third-order valence-corrected chi connectivity index (χ3v) is 6.21.